The van der Waals surface area contributed by atoms with Crippen molar-refractivity contribution in [2.75, 3.05) is 6.54 Å². The summed E-state index contributed by atoms with van der Waals surface area (Å²) in [6.45, 7) is 1.79. The molecule has 0 atom stereocenters. The topological polar surface area (TPSA) is 76.8 Å². The lowest BCUT2D eigenvalue weighted by Gasteiger charge is -2.08. The molecule has 2 aromatic carbocycles. The third-order valence-corrected chi connectivity index (χ3v) is 4.82. The predicted molar refractivity (Wildman–Crippen MR) is 113 cm³/mol. The molecule has 0 spiro atoms. The molecule has 8 heteroatoms. The van der Waals surface area contributed by atoms with E-state index in [4.69, 9.17) is 11.6 Å². The number of aryl methyl sites for hydroxylation is 1. The SMILES string of the molecule is O=C(NCCCn1cnc2ccccc21)NCc1cnn(-c2ccc(Cl)cc2)c1. The smallest absolute Gasteiger partial charge is 0.315 e. The Morgan fingerprint density at radius 2 is 1.90 bits per heavy atom. The third kappa shape index (κ3) is 4.75. The fourth-order valence-electron chi connectivity index (χ4n) is 3.07. The van der Waals surface area contributed by atoms with Crippen LogP contribution in [0.5, 0.6) is 0 Å². The fourth-order valence-corrected chi connectivity index (χ4v) is 3.20. The number of rotatable bonds is 7. The first kappa shape index (κ1) is 19.0. The molecule has 4 rings (SSSR count). The van der Waals surface area contributed by atoms with E-state index in [1.807, 2.05) is 61.1 Å². The fraction of sp³-hybridized carbons (Fsp3) is 0.190. The molecule has 2 amide bonds. The molecule has 0 unspecified atom stereocenters. The van der Waals surface area contributed by atoms with Crippen LogP contribution in [-0.2, 0) is 13.1 Å². The molecule has 2 heterocycles. The number of nitrogens with zero attached hydrogens (tertiary/aromatic N) is 4. The zero-order valence-corrected chi connectivity index (χ0v) is 16.5. The molecule has 2 aromatic heterocycles. The number of hydrogen-bond donors (Lipinski definition) is 2. The van der Waals surface area contributed by atoms with Crippen LogP contribution in [0.25, 0.3) is 16.7 Å². The van der Waals surface area contributed by atoms with Gasteiger partial charge in [-0.05, 0) is 42.8 Å². The summed E-state index contributed by atoms with van der Waals surface area (Å²) in [5.74, 6) is 0. The number of urea groups is 1. The van der Waals surface area contributed by atoms with Gasteiger partial charge >= 0.3 is 6.03 Å². The van der Waals surface area contributed by atoms with Crippen molar-refractivity contribution in [1.82, 2.24) is 30.0 Å². The number of aromatic nitrogens is 4. The highest BCUT2D eigenvalue weighted by molar-refractivity contribution is 6.30. The summed E-state index contributed by atoms with van der Waals surface area (Å²) in [4.78, 5) is 16.4. The lowest BCUT2D eigenvalue weighted by Crippen LogP contribution is -2.35. The van der Waals surface area contributed by atoms with E-state index in [0.717, 1.165) is 35.2 Å². The van der Waals surface area contributed by atoms with Crippen molar-refractivity contribution in [2.24, 2.45) is 0 Å². The number of hydrogen-bond acceptors (Lipinski definition) is 3. The summed E-state index contributed by atoms with van der Waals surface area (Å²) in [5.41, 5.74) is 3.92. The highest BCUT2D eigenvalue weighted by Gasteiger charge is 2.05. The molecule has 0 aliphatic carbocycles. The Labute approximate surface area is 173 Å². The number of carbonyl (C=O) groups is 1. The van der Waals surface area contributed by atoms with Gasteiger partial charge in [-0.25, -0.2) is 14.5 Å². The second kappa shape index (κ2) is 8.79. The van der Waals surface area contributed by atoms with Crippen LogP contribution in [0.4, 0.5) is 4.79 Å². The minimum Gasteiger partial charge on any atom is -0.338 e. The Hall–Kier alpha value is -3.32. The van der Waals surface area contributed by atoms with Crippen molar-refractivity contribution in [3.8, 4) is 5.69 Å². The maximum absolute atomic E-state index is 12.0. The van der Waals surface area contributed by atoms with E-state index in [2.05, 4.69) is 25.3 Å². The van der Waals surface area contributed by atoms with E-state index in [0.29, 0.717) is 18.1 Å². The first-order valence-electron chi connectivity index (χ1n) is 9.40. The first-order chi connectivity index (χ1) is 14.2. The summed E-state index contributed by atoms with van der Waals surface area (Å²) in [6, 6.07) is 15.2. The quantitative estimate of drug-likeness (QED) is 0.457. The second-order valence-electron chi connectivity index (χ2n) is 6.66. The van der Waals surface area contributed by atoms with Gasteiger partial charge in [-0.3, -0.25) is 0 Å². The summed E-state index contributed by atoms with van der Waals surface area (Å²) in [5, 5.41) is 10.7. The number of imidazole rings is 1. The van der Waals surface area contributed by atoms with E-state index >= 15 is 0 Å². The van der Waals surface area contributed by atoms with E-state index in [9.17, 15) is 4.79 Å². The maximum Gasteiger partial charge on any atom is 0.315 e. The molecule has 0 fully saturated rings. The van der Waals surface area contributed by atoms with Gasteiger partial charge in [-0.2, -0.15) is 5.10 Å². The van der Waals surface area contributed by atoms with Crippen LogP contribution in [-0.4, -0.2) is 31.9 Å². The lowest BCUT2D eigenvalue weighted by molar-refractivity contribution is 0.240. The summed E-state index contributed by atoms with van der Waals surface area (Å²) in [7, 11) is 0. The molecular formula is C21H21ClN6O. The number of benzene rings is 2. The van der Waals surface area contributed by atoms with E-state index in [-0.39, 0.29) is 6.03 Å². The highest BCUT2D eigenvalue weighted by atomic mass is 35.5. The molecule has 0 aliphatic heterocycles. The molecule has 2 N–H and O–H groups in total. The largest absolute Gasteiger partial charge is 0.338 e. The Balaban J connectivity index is 1.20. The van der Waals surface area contributed by atoms with Crippen LogP contribution < -0.4 is 10.6 Å². The Morgan fingerprint density at radius 3 is 2.76 bits per heavy atom. The van der Waals surface area contributed by atoms with Crippen molar-refractivity contribution >= 4 is 28.7 Å². The Bertz CT molecular complexity index is 1100. The molecule has 0 radical (unpaired) electrons. The van der Waals surface area contributed by atoms with Gasteiger partial charge in [-0.1, -0.05) is 23.7 Å². The van der Waals surface area contributed by atoms with Gasteiger partial charge in [0.15, 0.2) is 0 Å². The number of carbonyl (C=O) groups excluding carboxylic acids is 1. The van der Waals surface area contributed by atoms with Gasteiger partial charge < -0.3 is 15.2 Å². The highest BCUT2D eigenvalue weighted by Crippen LogP contribution is 2.13. The van der Waals surface area contributed by atoms with Crippen LogP contribution in [0.2, 0.25) is 5.02 Å². The minimum absolute atomic E-state index is 0.195. The second-order valence-corrected chi connectivity index (χ2v) is 7.10. The predicted octanol–water partition coefficient (Wildman–Crippen LogP) is 3.76. The van der Waals surface area contributed by atoms with Crippen LogP contribution in [0.1, 0.15) is 12.0 Å². The van der Waals surface area contributed by atoms with Crippen molar-refractivity contribution in [1.29, 1.82) is 0 Å². The van der Waals surface area contributed by atoms with Gasteiger partial charge in [0.1, 0.15) is 0 Å². The van der Waals surface area contributed by atoms with E-state index < -0.39 is 0 Å². The van der Waals surface area contributed by atoms with Crippen molar-refractivity contribution < 1.29 is 4.79 Å². The van der Waals surface area contributed by atoms with E-state index in [1.54, 1.807) is 10.9 Å². The standard InChI is InChI=1S/C21H21ClN6O/c22-17-6-8-18(9-7-17)28-14-16(13-26-28)12-24-21(29)23-10-3-11-27-15-25-19-4-1-2-5-20(19)27/h1-2,4-9,13-15H,3,10-12H2,(H2,23,24,29). The van der Waals surface area contributed by atoms with Crippen LogP contribution >= 0.6 is 11.6 Å². The van der Waals surface area contributed by atoms with Crippen molar-refractivity contribution in [3.63, 3.8) is 0 Å². The van der Waals surface area contributed by atoms with Crippen LogP contribution in [0.15, 0.2) is 67.3 Å². The number of fused-ring (bicyclic) bond motifs is 1. The molecule has 29 heavy (non-hydrogen) atoms. The van der Waals surface area contributed by atoms with Crippen molar-refractivity contribution in [3.05, 3.63) is 77.8 Å². The number of nitrogens with one attached hydrogen (secondary N) is 2. The monoisotopic (exact) mass is 408 g/mol. The van der Waals surface area contributed by atoms with Gasteiger partial charge in [0.2, 0.25) is 0 Å². The maximum atomic E-state index is 12.0. The molecule has 148 valence electrons. The molecule has 0 saturated heterocycles. The van der Waals surface area contributed by atoms with Gasteiger partial charge in [0, 0.05) is 36.4 Å². The average Bonchev–Trinajstić information content (AvgIpc) is 3.38. The number of para-hydroxylation sites is 2. The zero-order valence-electron chi connectivity index (χ0n) is 15.8. The van der Waals surface area contributed by atoms with Crippen molar-refractivity contribution in [2.45, 2.75) is 19.5 Å². The molecule has 0 aliphatic rings. The number of amides is 2. The van der Waals surface area contributed by atoms with Gasteiger partial charge in [0.05, 0.1) is 29.2 Å². The summed E-state index contributed by atoms with van der Waals surface area (Å²) >= 11 is 5.91. The normalized spacial score (nSPS) is 10.9. The average molecular weight is 409 g/mol. The van der Waals surface area contributed by atoms with Gasteiger partial charge in [0.25, 0.3) is 0 Å². The minimum atomic E-state index is -0.195. The van der Waals surface area contributed by atoms with Crippen LogP contribution in [0.3, 0.4) is 0 Å². The summed E-state index contributed by atoms with van der Waals surface area (Å²) < 4.78 is 3.85. The molecule has 0 saturated carbocycles. The molecular weight excluding hydrogens is 388 g/mol. The van der Waals surface area contributed by atoms with Crippen LogP contribution in [0, 0.1) is 0 Å². The van der Waals surface area contributed by atoms with Gasteiger partial charge in [-0.15, -0.1) is 0 Å². The Morgan fingerprint density at radius 1 is 1.07 bits per heavy atom. The molecule has 0 bridgehead atoms. The first-order valence-corrected chi connectivity index (χ1v) is 9.78. The molecule has 7 nitrogen and oxygen atoms in total. The molecule has 4 aromatic rings. The third-order valence-electron chi connectivity index (χ3n) is 4.57. The lowest BCUT2D eigenvalue weighted by atomic mass is 10.3. The Kier molecular flexibility index (Phi) is 5.76. The summed E-state index contributed by atoms with van der Waals surface area (Å²) in [6.07, 6.45) is 6.28. The zero-order chi connectivity index (χ0) is 20.1. The van der Waals surface area contributed by atoms with E-state index in [1.165, 1.54) is 0 Å². The number of halogens is 1.